The van der Waals surface area contributed by atoms with Crippen LogP contribution in [-0.2, 0) is 29.1 Å². The molecule has 2 aromatic heterocycles. The zero-order chi connectivity index (χ0) is 42.6. The Morgan fingerprint density at radius 1 is 1.02 bits per heavy atom. The highest BCUT2D eigenvalue weighted by Gasteiger charge is 2.62. The lowest BCUT2D eigenvalue weighted by Crippen LogP contribution is -2.58. The Morgan fingerprint density at radius 2 is 1.80 bits per heavy atom. The zero-order valence-electron chi connectivity index (χ0n) is 34.6. The maximum atomic E-state index is 14.7. The van der Waals surface area contributed by atoms with Crippen molar-refractivity contribution in [3.05, 3.63) is 54.6 Å². The summed E-state index contributed by atoms with van der Waals surface area (Å²) in [5.41, 5.74) is 0.949. The van der Waals surface area contributed by atoms with Gasteiger partial charge in [-0.1, -0.05) is 43.2 Å². The number of amides is 4. The number of nitrogens with one attached hydrogen (secondary N) is 3. The predicted molar refractivity (Wildman–Crippen MR) is 228 cm³/mol. The van der Waals surface area contributed by atoms with Gasteiger partial charge in [0.1, 0.15) is 39.9 Å². The number of fused-ring (bicyclic) bond motifs is 4. The zero-order valence-corrected chi connectivity index (χ0v) is 36.2. The molecule has 0 bridgehead atoms. The van der Waals surface area contributed by atoms with Crippen LogP contribution in [-0.4, -0.2) is 92.8 Å². The maximum absolute atomic E-state index is 14.7. The largest absolute Gasteiger partial charge is 0.459 e. The highest BCUT2D eigenvalue weighted by atomic mass is 32.2. The van der Waals surface area contributed by atoms with Gasteiger partial charge in [-0.05, 0) is 97.4 Å². The van der Waals surface area contributed by atoms with Crippen LogP contribution in [0.1, 0.15) is 98.4 Å². The van der Waals surface area contributed by atoms with Crippen LogP contribution in [0.5, 0.6) is 6.01 Å². The van der Waals surface area contributed by atoms with E-state index in [9.17, 15) is 27.6 Å². The van der Waals surface area contributed by atoms with Crippen LogP contribution in [0.15, 0.2) is 54.6 Å². The van der Waals surface area contributed by atoms with Crippen LogP contribution in [0.2, 0.25) is 0 Å². The van der Waals surface area contributed by atoms with Gasteiger partial charge in [-0.2, -0.15) is 4.98 Å². The van der Waals surface area contributed by atoms with Gasteiger partial charge >= 0.3 is 6.09 Å². The van der Waals surface area contributed by atoms with Gasteiger partial charge in [-0.3, -0.25) is 23.7 Å². The van der Waals surface area contributed by atoms with E-state index in [1.165, 1.54) is 4.90 Å². The van der Waals surface area contributed by atoms with Crippen molar-refractivity contribution in [3.8, 4) is 16.6 Å². The number of alkyl carbamates (subject to hydrolysis) is 1. The summed E-state index contributed by atoms with van der Waals surface area (Å²) in [6.07, 6.45) is 6.72. The van der Waals surface area contributed by atoms with Crippen LogP contribution in [0, 0.1) is 5.92 Å². The van der Waals surface area contributed by atoms with Crippen molar-refractivity contribution < 1.29 is 37.1 Å². The molecule has 4 aliphatic rings. The molecule has 60 heavy (non-hydrogen) atoms. The molecular weight excluding hydrogens is 807 g/mol. The van der Waals surface area contributed by atoms with Crippen molar-refractivity contribution in [3.63, 3.8) is 0 Å². The highest BCUT2D eigenvalue weighted by molar-refractivity contribution is 7.91. The van der Waals surface area contributed by atoms with Crippen LogP contribution in [0.3, 0.4) is 0 Å². The number of rotatable bonds is 8. The molecule has 2 aliphatic carbocycles. The Morgan fingerprint density at radius 3 is 2.53 bits per heavy atom. The van der Waals surface area contributed by atoms with Crippen molar-refractivity contribution in [1.29, 1.82) is 0 Å². The summed E-state index contributed by atoms with van der Waals surface area (Å²) in [7, 11) is -3.91. The second-order valence-corrected chi connectivity index (χ2v) is 20.7. The summed E-state index contributed by atoms with van der Waals surface area (Å²) in [6, 6.07) is 12.0. The molecule has 2 aliphatic heterocycles. The molecular formula is C43H53N7O8S2. The maximum Gasteiger partial charge on any atom is 0.408 e. The molecule has 0 unspecified atom stereocenters. The van der Waals surface area contributed by atoms with E-state index in [1.807, 2.05) is 73.0 Å². The SMILES string of the molecule is CC(C)n1c(O[C@@H]2C[C@H]3C(=O)N[C@]4(C(=O)NS(=O)(=O)C5CC5)C[C@H]4/C=C\CCCCC[C@H](NC(=O)OC(C)(C)C)C(=O)N3C2)nc2c(-c3nc4ccccc4s3)cccc21. The first-order chi connectivity index (χ1) is 28.5. The number of allylic oxidation sites excluding steroid dienone is 1. The molecule has 320 valence electrons. The van der Waals surface area contributed by atoms with Gasteiger partial charge in [0.25, 0.3) is 11.9 Å². The first kappa shape index (κ1) is 41.7. The van der Waals surface area contributed by atoms with Crippen LogP contribution in [0.4, 0.5) is 4.79 Å². The van der Waals surface area contributed by atoms with Gasteiger partial charge in [0.05, 0.1) is 27.5 Å². The number of nitrogens with zero attached hydrogens (tertiary/aromatic N) is 4. The number of ether oxygens (including phenoxy) is 2. The first-order valence-electron chi connectivity index (χ1n) is 20.9. The fourth-order valence-corrected chi connectivity index (χ4v) is 10.6. The summed E-state index contributed by atoms with van der Waals surface area (Å²) in [5.74, 6) is -2.33. The van der Waals surface area contributed by atoms with Gasteiger partial charge in [-0.25, -0.2) is 18.2 Å². The standard InChI is InChI=1S/C43H53N7O8S2/c1-25(2)50-32-18-13-15-29(37-44-30-16-11-12-19-34(30)59-37)35(32)46-40(50)57-27-22-33-36(51)47-43(39(53)48-60(55,56)28-20-21-28)23-26(43)14-9-7-6-8-10-17-31(38(52)49(33)24-27)45-41(54)58-42(3,4)5/h9,11-16,18-19,25-28,31,33H,6-8,10,17,20-24H2,1-5H3,(H,45,54)(H,47,51)(H,48,53)/b14-9-/t26-,27-,31+,33+,43-/m1/s1. The molecule has 2 saturated carbocycles. The van der Waals surface area contributed by atoms with Gasteiger partial charge < -0.3 is 25.0 Å². The fourth-order valence-electron chi connectivity index (χ4n) is 8.28. The monoisotopic (exact) mass is 859 g/mol. The first-order valence-corrected chi connectivity index (χ1v) is 23.3. The minimum absolute atomic E-state index is 0.0198. The minimum Gasteiger partial charge on any atom is -0.459 e. The van der Waals surface area contributed by atoms with E-state index in [0.29, 0.717) is 43.6 Å². The van der Waals surface area contributed by atoms with E-state index in [4.69, 9.17) is 19.4 Å². The molecule has 5 atom stereocenters. The number of carbonyl (C=O) groups excluding carboxylic acids is 4. The van der Waals surface area contributed by atoms with Crippen LogP contribution < -0.4 is 20.1 Å². The summed E-state index contributed by atoms with van der Waals surface area (Å²) < 4.78 is 43.4. The van der Waals surface area contributed by atoms with Crippen LogP contribution >= 0.6 is 11.3 Å². The Bertz CT molecular complexity index is 2440. The molecule has 15 nitrogen and oxygen atoms in total. The molecule has 4 heterocycles. The van der Waals surface area contributed by atoms with E-state index in [-0.39, 0.29) is 25.4 Å². The lowest BCUT2D eigenvalue weighted by atomic mass is 10.0. The third-order valence-corrected chi connectivity index (χ3v) is 14.4. The number of carbonyl (C=O) groups is 4. The van der Waals surface area contributed by atoms with Crippen molar-refractivity contribution in [2.75, 3.05) is 6.54 Å². The van der Waals surface area contributed by atoms with Gasteiger partial charge in [0, 0.05) is 23.9 Å². The molecule has 3 N–H and O–H groups in total. The highest BCUT2D eigenvalue weighted by Crippen LogP contribution is 2.46. The third-order valence-electron chi connectivity index (χ3n) is 11.5. The minimum atomic E-state index is -3.91. The number of sulfonamides is 1. The van der Waals surface area contributed by atoms with Crippen molar-refractivity contribution >= 4 is 66.4 Å². The number of thiazole rings is 1. The smallest absolute Gasteiger partial charge is 0.408 e. The van der Waals surface area contributed by atoms with Crippen molar-refractivity contribution in [1.82, 2.24) is 34.8 Å². The Kier molecular flexibility index (Phi) is 11.2. The number of imidazole rings is 1. The topological polar surface area (TPSA) is 191 Å². The number of hydrogen-bond acceptors (Lipinski definition) is 11. The van der Waals surface area contributed by atoms with Gasteiger partial charge in [0.15, 0.2) is 0 Å². The summed E-state index contributed by atoms with van der Waals surface area (Å²) in [5, 5.41) is 5.87. The molecule has 8 rings (SSSR count). The molecule has 3 fully saturated rings. The summed E-state index contributed by atoms with van der Waals surface area (Å²) in [6.45, 7) is 9.24. The lowest BCUT2D eigenvalue weighted by molar-refractivity contribution is -0.141. The van der Waals surface area contributed by atoms with E-state index in [0.717, 1.165) is 39.1 Å². The molecule has 0 spiro atoms. The third kappa shape index (κ3) is 8.60. The predicted octanol–water partition coefficient (Wildman–Crippen LogP) is 6.14. The van der Waals surface area contributed by atoms with Gasteiger partial charge in [0.2, 0.25) is 21.8 Å². The van der Waals surface area contributed by atoms with Crippen LogP contribution in [0.25, 0.3) is 31.8 Å². The molecule has 4 amide bonds. The fraction of sp³-hybridized carbons (Fsp3) is 0.535. The molecule has 2 aromatic carbocycles. The average molecular weight is 860 g/mol. The normalized spacial score (nSPS) is 25.8. The second kappa shape index (κ2) is 16.1. The molecule has 0 radical (unpaired) electrons. The van der Waals surface area contributed by atoms with E-state index >= 15 is 0 Å². The Labute approximate surface area is 353 Å². The quantitative estimate of drug-likeness (QED) is 0.174. The molecule has 17 heteroatoms. The average Bonchev–Trinajstić information content (AvgIpc) is 4.01. The lowest BCUT2D eigenvalue weighted by Gasteiger charge is -2.30. The van der Waals surface area contributed by atoms with E-state index in [2.05, 4.69) is 15.4 Å². The molecule has 4 aromatic rings. The molecule has 1 saturated heterocycles. The van der Waals surface area contributed by atoms with Gasteiger partial charge in [-0.15, -0.1) is 11.3 Å². The Balaban J connectivity index is 1.13. The van der Waals surface area contributed by atoms with Crippen molar-refractivity contribution in [2.45, 2.75) is 133 Å². The number of para-hydroxylation sites is 2. The van der Waals surface area contributed by atoms with E-state index < -0.39 is 74.3 Å². The van der Waals surface area contributed by atoms with E-state index in [1.54, 1.807) is 32.1 Å². The number of aromatic nitrogens is 3. The number of benzene rings is 2. The van der Waals surface area contributed by atoms with Crippen molar-refractivity contribution in [2.24, 2.45) is 5.92 Å². The Hall–Kier alpha value is -5.03. The second-order valence-electron chi connectivity index (χ2n) is 17.7. The summed E-state index contributed by atoms with van der Waals surface area (Å²) >= 11 is 1.57. The number of hydrogen-bond donors (Lipinski definition) is 3. The summed E-state index contributed by atoms with van der Waals surface area (Å²) in [4.78, 5) is 67.6.